The minimum absolute atomic E-state index is 0.0354. The topological polar surface area (TPSA) is 142 Å². The fourth-order valence-corrected chi connectivity index (χ4v) is 3.76. The number of hydrogen-bond acceptors (Lipinski definition) is 6. The molecule has 9 heteroatoms. The largest absolute Gasteiger partial charge is 0.494 e. The van der Waals surface area contributed by atoms with Crippen LogP contribution in [0.4, 0.5) is 0 Å². The van der Waals surface area contributed by atoms with Gasteiger partial charge in [0, 0.05) is 50.3 Å². The fourth-order valence-electron chi connectivity index (χ4n) is 3.76. The Morgan fingerprint density at radius 2 is 1.26 bits per heavy atom. The van der Waals surface area contributed by atoms with Gasteiger partial charge in [-0.05, 0) is 61.4 Å². The second kappa shape index (κ2) is 12.6. The Morgan fingerprint density at radius 1 is 0.765 bits per heavy atom. The van der Waals surface area contributed by atoms with Crippen molar-refractivity contribution in [2.75, 3.05) is 45.9 Å². The average molecular weight is 467 g/mol. The lowest BCUT2D eigenvalue weighted by atomic mass is 10.2. The summed E-state index contributed by atoms with van der Waals surface area (Å²) in [7, 11) is 0. The molecule has 0 saturated carbocycles. The number of hydrogen-bond donors (Lipinski definition) is 4. The lowest BCUT2D eigenvalue weighted by molar-refractivity contribution is -0.130. The molecule has 0 atom stereocenters. The molecule has 9 nitrogen and oxygen atoms in total. The monoisotopic (exact) mass is 466 g/mol. The molecule has 1 fully saturated rings. The van der Waals surface area contributed by atoms with Crippen LogP contribution in [0.2, 0.25) is 0 Å². The smallest absolute Gasteiger partial charge is 0.223 e. The maximum Gasteiger partial charge on any atom is 0.223 e. The zero-order valence-corrected chi connectivity index (χ0v) is 19.5. The summed E-state index contributed by atoms with van der Waals surface area (Å²) in [6.45, 7) is 5.02. The number of benzene rings is 2. The van der Waals surface area contributed by atoms with E-state index in [1.165, 1.54) is 0 Å². The molecule has 0 aromatic heterocycles. The third kappa shape index (κ3) is 7.77. The van der Waals surface area contributed by atoms with E-state index in [2.05, 4.69) is 4.90 Å². The van der Waals surface area contributed by atoms with Crippen molar-refractivity contribution < 1.29 is 14.3 Å². The summed E-state index contributed by atoms with van der Waals surface area (Å²) in [5.41, 5.74) is 12.3. The van der Waals surface area contributed by atoms with Crippen molar-refractivity contribution in [1.82, 2.24) is 9.80 Å². The number of nitrogens with one attached hydrogen (secondary N) is 2. The van der Waals surface area contributed by atoms with E-state index in [-0.39, 0.29) is 17.6 Å². The van der Waals surface area contributed by atoms with Gasteiger partial charge in [0.2, 0.25) is 5.91 Å². The van der Waals surface area contributed by atoms with Crippen molar-refractivity contribution in [2.24, 2.45) is 11.5 Å². The van der Waals surface area contributed by atoms with Gasteiger partial charge in [0.25, 0.3) is 0 Å². The van der Waals surface area contributed by atoms with Crippen LogP contribution >= 0.6 is 0 Å². The summed E-state index contributed by atoms with van der Waals surface area (Å²) in [5, 5.41) is 14.8. The van der Waals surface area contributed by atoms with Gasteiger partial charge < -0.3 is 30.7 Å². The first-order chi connectivity index (χ1) is 16.4. The zero-order chi connectivity index (χ0) is 24.3. The van der Waals surface area contributed by atoms with Crippen LogP contribution in [-0.2, 0) is 4.79 Å². The number of nitrogens with two attached hydrogens (primary N) is 2. The van der Waals surface area contributed by atoms with Gasteiger partial charge in [-0.15, -0.1) is 0 Å². The molecule has 34 heavy (non-hydrogen) atoms. The van der Waals surface area contributed by atoms with Crippen molar-refractivity contribution in [3.63, 3.8) is 0 Å². The van der Waals surface area contributed by atoms with Crippen molar-refractivity contribution in [1.29, 1.82) is 10.8 Å². The highest BCUT2D eigenvalue weighted by Gasteiger charge is 2.20. The van der Waals surface area contributed by atoms with Crippen molar-refractivity contribution in [3.8, 4) is 11.5 Å². The second-order valence-corrected chi connectivity index (χ2v) is 8.25. The molecule has 2 aromatic rings. The highest BCUT2D eigenvalue weighted by atomic mass is 16.5. The molecule has 0 radical (unpaired) electrons. The quantitative estimate of drug-likeness (QED) is 0.214. The third-order valence-electron chi connectivity index (χ3n) is 5.74. The Balaban J connectivity index is 1.31. The molecule has 1 saturated heterocycles. The van der Waals surface area contributed by atoms with Crippen LogP contribution in [-0.4, -0.2) is 73.3 Å². The summed E-state index contributed by atoms with van der Waals surface area (Å²) in [6.07, 6.45) is 2.16. The maximum atomic E-state index is 12.5. The number of nitrogens with zero attached hydrogens (tertiary/aromatic N) is 2. The Kier molecular flexibility index (Phi) is 9.28. The molecule has 1 amide bonds. The van der Waals surface area contributed by atoms with Crippen molar-refractivity contribution in [3.05, 3.63) is 59.7 Å². The van der Waals surface area contributed by atoms with Crippen LogP contribution in [0.3, 0.4) is 0 Å². The van der Waals surface area contributed by atoms with E-state index in [0.29, 0.717) is 37.3 Å². The van der Waals surface area contributed by atoms with Crippen LogP contribution in [0.1, 0.15) is 30.4 Å². The lowest BCUT2D eigenvalue weighted by Gasteiger charge is -2.22. The van der Waals surface area contributed by atoms with E-state index in [1.807, 2.05) is 17.0 Å². The van der Waals surface area contributed by atoms with Gasteiger partial charge in [-0.3, -0.25) is 15.6 Å². The number of carbonyl (C=O) groups excluding carboxylic acids is 1. The number of amides is 1. The number of nitrogen functional groups attached to an aromatic ring is 2. The molecule has 0 spiro atoms. The van der Waals surface area contributed by atoms with Gasteiger partial charge in [-0.2, -0.15) is 0 Å². The molecular formula is C25H34N6O3. The van der Waals surface area contributed by atoms with Gasteiger partial charge in [0.15, 0.2) is 0 Å². The van der Waals surface area contributed by atoms with Gasteiger partial charge >= 0.3 is 0 Å². The fraction of sp³-hybridized carbons (Fsp3) is 0.400. The van der Waals surface area contributed by atoms with Crippen LogP contribution in [0.25, 0.3) is 0 Å². The Morgan fingerprint density at radius 3 is 1.76 bits per heavy atom. The minimum Gasteiger partial charge on any atom is -0.494 e. The summed E-state index contributed by atoms with van der Waals surface area (Å²) in [6, 6.07) is 14.3. The molecule has 182 valence electrons. The molecule has 6 N–H and O–H groups in total. The molecule has 0 aliphatic carbocycles. The standard InChI is InChI=1S/C25H34N6O3/c26-24(27)19-3-7-21(8-4-19)33-17-1-12-30-14-11-23(32)31(16-15-30)13-2-18-34-22-9-5-20(6-10-22)25(28)29/h3-10H,1-2,11-18H2,(H3,26,27)(H3,28,29). The van der Waals surface area contributed by atoms with E-state index in [9.17, 15) is 4.79 Å². The van der Waals surface area contributed by atoms with Crippen LogP contribution in [0.15, 0.2) is 48.5 Å². The Hall–Kier alpha value is -3.59. The molecule has 1 aliphatic heterocycles. The maximum absolute atomic E-state index is 12.5. The summed E-state index contributed by atoms with van der Waals surface area (Å²) in [5.74, 6) is 1.77. The van der Waals surface area contributed by atoms with E-state index in [4.69, 9.17) is 31.8 Å². The number of rotatable bonds is 12. The predicted octanol–water partition coefficient (Wildman–Crippen LogP) is 2.03. The first-order valence-electron chi connectivity index (χ1n) is 11.6. The normalized spacial score (nSPS) is 14.5. The zero-order valence-electron chi connectivity index (χ0n) is 19.5. The molecule has 0 unspecified atom stereocenters. The number of ether oxygens (including phenoxy) is 2. The molecule has 0 bridgehead atoms. The van der Waals surface area contributed by atoms with Crippen molar-refractivity contribution >= 4 is 17.6 Å². The SMILES string of the molecule is N=C(N)c1ccc(OCCCN2CCC(=O)N(CCCOc3ccc(C(=N)N)cc3)CC2)cc1. The summed E-state index contributed by atoms with van der Waals surface area (Å²) >= 11 is 0. The van der Waals surface area contributed by atoms with Crippen LogP contribution in [0, 0.1) is 10.8 Å². The molecular weight excluding hydrogens is 432 g/mol. The van der Waals surface area contributed by atoms with Crippen LogP contribution in [0.5, 0.6) is 11.5 Å². The number of amidine groups is 2. The second-order valence-electron chi connectivity index (χ2n) is 8.25. The number of carbonyl (C=O) groups is 1. The molecule has 1 aliphatic rings. The highest BCUT2D eigenvalue weighted by molar-refractivity contribution is 5.95. The van der Waals surface area contributed by atoms with Gasteiger partial charge in [-0.1, -0.05) is 0 Å². The van der Waals surface area contributed by atoms with E-state index in [1.54, 1.807) is 36.4 Å². The third-order valence-corrected chi connectivity index (χ3v) is 5.74. The van der Waals surface area contributed by atoms with E-state index in [0.717, 1.165) is 50.5 Å². The van der Waals surface area contributed by atoms with E-state index >= 15 is 0 Å². The average Bonchev–Trinajstić information content (AvgIpc) is 3.01. The Labute approximate surface area is 200 Å². The first-order valence-corrected chi connectivity index (χ1v) is 11.6. The molecule has 2 aromatic carbocycles. The van der Waals surface area contributed by atoms with E-state index < -0.39 is 0 Å². The van der Waals surface area contributed by atoms with Crippen molar-refractivity contribution in [2.45, 2.75) is 19.3 Å². The highest BCUT2D eigenvalue weighted by Crippen LogP contribution is 2.14. The van der Waals surface area contributed by atoms with Gasteiger partial charge in [-0.25, -0.2) is 0 Å². The Bertz CT molecular complexity index is 962. The molecule has 1 heterocycles. The van der Waals surface area contributed by atoms with Gasteiger partial charge in [0.1, 0.15) is 23.2 Å². The minimum atomic E-state index is 0.0354. The lowest BCUT2D eigenvalue weighted by Crippen LogP contribution is -2.35. The van der Waals surface area contributed by atoms with Crippen LogP contribution < -0.4 is 20.9 Å². The summed E-state index contributed by atoms with van der Waals surface area (Å²) in [4.78, 5) is 16.7. The van der Waals surface area contributed by atoms with Gasteiger partial charge in [0.05, 0.1) is 13.2 Å². The summed E-state index contributed by atoms with van der Waals surface area (Å²) < 4.78 is 11.5. The first kappa shape index (κ1) is 25.0. The molecule has 3 rings (SSSR count). The predicted molar refractivity (Wildman–Crippen MR) is 133 cm³/mol.